The van der Waals surface area contributed by atoms with Crippen LogP contribution in [0.4, 0.5) is 5.69 Å². The highest BCUT2D eigenvalue weighted by Crippen LogP contribution is 2.19. The Hall–Kier alpha value is -1.42. The monoisotopic (exact) mass is 281 g/mol. The highest BCUT2D eigenvalue weighted by Gasteiger charge is 2.00. The van der Waals surface area contributed by atoms with Gasteiger partial charge in [0.1, 0.15) is 11.5 Å². The lowest BCUT2D eigenvalue weighted by Crippen LogP contribution is -1.98. The third-order valence-electron chi connectivity index (χ3n) is 2.17. The van der Waals surface area contributed by atoms with Crippen molar-refractivity contribution >= 4 is 21.6 Å². The van der Waals surface area contributed by atoms with Crippen molar-refractivity contribution in [2.75, 3.05) is 12.4 Å². The summed E-state index contributed by atoms with van der Waals surface area (Å²) in [7, 11) is 1.66. The largest absolute Gasteiger partial charge is 0.497 e. The normalized spacial score (nSPS) is 10.1. The summed E-state index contributed by atoms with van der Waals surface area (Å²) < 4.78 is 11.3. The zero-order chi connectivity index (χ0) is 11.4. The second-order valence-electron chi connectivity index (χ2n) is 3.29. The van der Waals surface area contributed by atoms with E-state index in [1.54, 1.807) is 7.11 Å². The van der Waals surface area contributed by atoms with Crippen LogP contribution < -0.4 is 10.1 Å². The minimum absolute atomic E-state index is 0.652. The average molecular weight is 282 g/mol. The zero-order valence-electron chi connectivity index (χ0n) is 8.87. The number of methoxy groups -OCH3 is 1. The van der Waals surface area contributed by atoms with E-state index in [-0.39, 0.29) is 0 Å². The van der Waals surface area contributed by atoms with Gasteiger partial charge >= 0.3 is 0 Å². The highest BCUT2D eigenvalue weighted by atomic mass is 79.9. The number of rotatable bonds is 4. The maximum absolute atomic E-state index is 5.38. The maximum Gasteiger partial charge on any atom is 0.169 e. The molecule has 1 heterocycles. The molecule has 0 saturated carbocycles. The van der Waals surface area contributed by atoms with Gasteiger partial charge in [0.25, 0.3) is 0 Å². The van der Waals surface area contributed by atoms with Crippen LogP contribution in [0.1, 0.15) is 5.76 Å². The zero-order valence-corrected chi connectivity index (χ0v) is 10.5. The minimum atomic E-state index is 0.652. The van der Waals surface area contributed by atoms with E-state index in [4.69, 9.17) is 9.15 Å². The first-order valence-electron chi connectivity index (χ1n) is 4.90. The Bertz CT molecular complexity index is 468. The van der Waals surface area contributed by atoms with E-state index in [1.807, 2.05) is 36.4 Å². The summed E-state index contributed by atoms with van der Waals surface area (Å²) in [6.07, 6.45) is 0. The molecule has 3 nitrogen and oxygen atoms in total. The van der Waals surface area contributed by atoms with E-state index >= 15 is 0 Å². The molecule has 1 aromatic heterocycles. The lowest BCUT2D eigenvalue weighted by atomic mass is 10.3. The predicted octanol–water partition coefficient (Wildman–Crippen LogP) is 3.66. The van der Waals surface area contributed by atoms with Crippen molar-refractivity contribution in [2.24, 2.45) is 0 Å². The predicted molar refractivity (Wildman–Crippen MR) is 66.7 cm³/mol. The van der Waals surface area contributed by atoms with Gasteiger partial charge in [0.15, 0.2) is 4.67 Å². The first-order chi connectivity index (χ1) is 7.78. The molecule has 0 aliphatic heterocycles. The number of hydrogen-bond acceptors (Lipinski definition) is 3. The number of anilines is 1. The Morgan fingerprint density at radius 2 is 2.19 bits per heavy atom. The SMILES string of the molecule is COc1cccc(NCc2ccc(Br)o2)c1. The van der Waals surface area contributed by atoms with Gasteiger partial charge in [-0.3, -0.25) is 0 Å². The number of hydrogen-bond donors (Lipinski definition) is 1. The highest BCUT2D eigenvalue weighted by molar-refractivity contribution is 9.10. The smallest absolute Gasteiger partial charge is 0.169 e. The third-order valence-corrected chi connectivity index (χ3v) is 2.59. The van der Waals surface area contributed by atoms with Crippen molar-refractivity contribution in [1.82, 2.24) is 0 Å². The summed E-state index contributed by atoms with van der Waals surface area (Å²) >= 11 is 3.27. The van der Waals surface area contributed by atoms with Gasteiger partial charge in [-0.05, 0) is 40.2 Å². The van der Waals surface area contributed by atoms with Crippen LogP contribution in [-0.2, 0) is 6.54 Å². The summed E-state index contributed by atoms with van der Waals surface area (Å²) in [5.74, 6) is 1.72. The van der Waals surface area contributed by atoms with Gasteiger partial charge in [0, 0.05) is 11.8 Å². The van der Waals surface area contributed by atoms with Gasteiger partial charge in [0.2, 0.25) is 0 Å². The molecule has 0 radical (unpaired) electrons. The van der Waals surface area contributed by atoms with E-state index in [9.17, 15) is 0 Å². The molecule has 0 saturated heterocycles. The summed E-state index contributed by atoms with van der Waals surface area (Å²) in [6.45, 7) is 0.652. The van der Waals surface area contributed by atoms with Gasteiger partial charge in [-0.2, -0.15) is 0 Å². The van der Waals surface area contributed by atoms with Crippen LogP contribution in [0.5, 0.6) is 5.75 Å². The molecular weight excluding hydrogens is 270 g/mol. The van der Waals surface area contributed by atoms with Crippen molar-refractivity contribution in [2.45, 2.75) is 6.54 Å². The molecule has 2 rings (SSSR count). The first kappa shape index (κ1) is 11.1. The number of ether oxygens (including phenoxy) is 1. The number of furan rings is 1. The van der Waals surface area contributed by atoms with Gasteiger partial charge < -0.3 is 14.5 Å². The quantitative estimate of drug-likeness (QED) is 0.929. The average Bonchev–Trinajstić information content (AvgIpc) is 2.73. The Kier molecular flexibility index (Phi) is 3.51. The van der Waals surface area contributed by atoms with E-state index in [0.717, 1.165) is 21.9 Å². The van der Waals surface area contributed by atoms with Crippen molar-refractivity contribution < 1.29 is 9.15 Å². The molecule has 0 fully saturated rings. The molecular formula is C12H12BrNO2. The summed E-state index contributed by atoms with van der Waals surface area (Å²) in [5, 5.41) is 3.25. The molecule has 16 heavy (non-hydrogen) atoms. The van der Waals surface area contributed by atoms with Gasteiger partial charge in [-0.15, -0.1) is 0 Å². The maximum atomic E-state index is 5.38. The molecule has 1 aromatic carbocycles. The van der Waals surface area contributed by atoms with Gasteiger partial charge in [-0.1, -0.05) is 6.07 Å². The molecule has 1 N–H and O–H groups in total. The Labute approximate surface area is 103 Å². The molecule has 2 aromatic rings. The number of nitrogens with one attached hydrogen (secondary N) is 1. The number of benzene rings is 1. The molecule has 0 unspecified atom stereocenters. The summed E-state index contributed by atoms with van der Waals surface area (Å²) in [4.78, 5) is 0. The Balaban J connectivity index is 1.99. The van der Waals surface area contributed by atoms with Crippen molar-refractivity contribution in [3.05, 3.63) is 46.8 Å². The molecule has 0 aliphatic carbocycles. The van der Waals surface area contributed by atoms with Crippen molar-refractivity contribution in [3.63, 3.8) is 0 Å². The first-order valence-corrected chi connectivity index (χ1v) is 5.69. The summed E-state index contributed by atoms with van der Waals surface area (Å²) in [6, 6.07) is 11.6. The van der Waals surface area contributed by atoms with E-state index in [0.29, 0.717) is 6.54 Å². The molecule has 84 valence electrons. The van der Waals surface area contributed by atoms with E-state index in [1.165, 1.54) is 0 Å². The Morgan fingerprint density at radius 1 is 1.31 bits per heavy atom. The fourth-order valence-corrected chi connectivity index (χ4v) is 1.71. The number of halogens is 1. The lowest BCUT2D eigenvalue weighted by Gasteiger charge is -2.06. The van der Waals surface area contributed by atoms with Crippen LogP contribution in [-0.4, -0.2) is 7.11 Å². The topological polar surface area (TPSA) is 34.4 Å². The van der Waals surface area contributed by atoms with Crippen LogP contribution in [0, 0.1) is 0 Å². The second-order valence-corrected chi connectivity index (χ2v) is 4.07. The lowest BCUT2D eigenvalue weighted by molar-refractivity contribution is 0.415. The molecule has 0 atom stereocenters. The van der Waals surface area contributed by atoms with E-state index < -0.39 is 0 Å². The fourth-order valence-electron chi connectivity index (χ4n) is 1.37. The van der Waals surface area contributed by atoms with Crippen LogP contribution in [0.15, 0.2) is 45.5 Å². The second kappa shape index (κ2) is 5.07. The van der Waals surface area contributed by atoms with Crippen molar-refractivity contribution in [1.29, 1.82) is 0 Å². The minimum Gasteiger partial charge on any atom is -0.497 e. The van der Waals surface area contributed by atoms with E-state index in [2.05, 4.69) is 21.2 Å². The fraction of sp³-hybridized carbons (Fsp3) is 0.167. The Morgan fingerprint density at radius 3 is 2.88 bits per heavy atom. The van der Waals surface area contributed by atoms with Gasteiger partial charge in [-0.25, -0.2) is 0 Å². The third kappa shape index (κ3) is 2.79. The van der Waals surface area contributed by atoms with Crippen LogP contribution in [0.3, 0.4) is 0 Å². The standard InChI is InChI=1S/C12H12BrNO2/c1-15-10-4-2-3-9(7-10)14-8-11-5-6-12(13)16-11/h2-7,14H,8H2,1H3. The van der Waals surface area contributed by atoms with Crippen LogP contribution >= 0.6 is 15.9 Å². The molecule has 0 aliphatic rings. The summed E-state index contributed by atoms with van der Waals surface area (Å²) in [5.41, 5.74) is 1.01. The molecule has 0 amide bonds. The van der Waals surface area contributed by atoms with Crippen LogP contribution in [0.25, 0.3) is 0 Å². The molecule has 4 heteroatoms. The molecule has 0 spiro atoms. The molecule has 0 bridgehead atoms. The van der Waals surface area contributed by atoms with Crippen molar-refractivity contribution in [3.8, 4) is 5.75 Å². The van der Waals surface area contributed by atoms with Gasteiger partial charge in [0.05, 0.1) is 13.7 Å². The van der Waals surface area contributed by atoms with Crippen LogP contribution in [0.2, 0.25) is 0 Å².